The van der Waals surface area contributed by atoms with Crippen molar-refractivity contribution in [1.29, 1.82) is 0 Å². The fraction of sp³-hybridized carbons (Fsp3) is 0.917. The summed E-state index contributed by atoms with van der Waals surface area (Å²) in [5.41, 5.74) is 0.918. The summed E-state index contributed by atoms with van der Waals surface area (Å²) in [6, 6.07) is 0. The molecule has 0 saturated heterocycles. The summed E-state index contributed by atoms with van der Waals surface area (Å²) in [5.74, 6) is 3.13. The molecule has 0 bridgehead atoms. The third-order valence-corrected chi connectivity index (χ3v) is 7.53. The Labute approximate surface area is 162 Å². The van der Waals surface area contributed by atoms with E-state index in [4.69, 9.17) is 0 Å². The van der Waals surface area contributed by atoms with Crippen molar-refractivity contribution in [3.05, 3.63) is 0 Å². The average Bonchev–Trinajstić information content (AvgIpc) is 2.53. The van der Waals surface area contributed by atoms with E-state index in [-0.39, 0.29) is 0 Å². The lowest BCUT2D eigenvalue weighted by molar-refractivity contribution is -0.109. The van der Waals surface area contributed by atoms with Crippen LogP contribution < -0.4 is 0 Å². The molecule has 26 heavy (non-hydrogen) atoms. The predicted octanol–water partition coefficient (Wildman–Crippen LogP) is 6.86. The van der Waals surface area contributed by atoms with Crippen molar-refractivity contribution in [3.63, 3.8) is 0 Å². The van der Waals surface area contributed by atoms with Crippen LogP contribution in [0.15, 0.2) is 0 Å². The van der Waals surface area contributed by atoms with Gasteiger partial charge in [0.05, 0.1) is 0 Å². The average molecular weight is 365 g/mol. The van der Waals surface area contributed by atoms with Gasteiger partial charge >= 0.3 is 0 Å². The van der Waals surface area contributed by atoms with Gasteiger partial charge in [-0.15, -0.1) is 0 Å². The minimum absolute atomic E-state index is 0.459. The van der Waals surface area contributed by atoms with Gasteiger partial charge in [-0.3, -0.25) is 0 Å². The Balaban J connectivity index is 0.000000260. The van der Waals surface area contributed by atoms with Gasteiger partial charge in [0.1, 0.15) is 12.6 Å². The Kier molecular flexibility index (Phi) is 9.55. The highest BCUT2D eigenvalue weighted by Gasteiger charge is 2.36. The zero-order valence-corrected chi connectivity index (χ0v) is 18.4. The smallest absolute Gasteiger partial charge is 0.120 e. The van der Waals surface area contributed by atoms with Crippen LogP contribution in [0.5, 0.6) is 0 Å². The van der Waals surface area contributed by atoms with E-state index in [2.05, 4.69) is 41.5 Å². The van der Waals surface area contributed by atoms with E-state index in [9.17, 15) is 9.59 Å². The van der Waals surface area contributed by atoms with E-state index in [1.54, 1.807) is 0 Å². The quantitative estimate of drug-likeness (QED) is 0.483. The predicted molar refractivity (Wildman–Crippen MR) is 111 cm³/mol. The van der Waals surface area contributed by atoms with E-state index in [0.29, 0.717) is 10.8 Å². The van der Waals surface area contributed by atoms with Crippen LogP contribution in [-0.4, -0.2) is 12.6 Å². The van der Waals surface area contributed by atoms with Gasteiger partial charge in [0, 0.05) is 12.8 Å². The molecule has 2 saturated carbocycles. The molecule has 2 rings (SSSR count). The van der Waals surface area contributed by atoms with Crippen molar-refractivity contribution in [3.8, 4) is 0 Å². The van der Waals surface area contributed by atoms with Crippen LogP contribution in [-0.2, 0) is 9.59 Å². The number of carbonyl (C=O) groups excluding carboxylic acids is 2. The molecule has 2 heteroatoms. The van der Waals surface area contributed by atoms with E-state index in [1.807, 2.05) is 0 Å². The van der Waals surface area contributed by atoms with E-state index < -0.39 is 0 Å². The molecular formula is C24H44O2. The zero-order valence-electron chi connectivity index (χ0n) is 18.4. The molecule has 0 aromatic heterocycles. The summed E-state index contributed by atoms with van der Waals surface area (Å²) >= 11 is 0. The lowest BCUT2D eigenvalue weighted by Gasteiger charge is -2.43. The Morgan fingerprint density at radius 1 is 0.731 bits per heavy atom. The highest BCUT2D eigenvalue weighted by Crippen LogP contribution is 2.46. The van der Waals surface area contributed by atoms with Gasteiger partial charge < -0.3 is 9.59 Å². The number of rotatable bonds is 6. The Hall–Kier alpha value is -0.660. The van der Waals surface area contributed by atoms with Crippen LogP contribution in [0.1, 0.15) is 106 Å². The molecule has 152 valence electrons. The maximum absolute atomic E-state index is 10.4. The summed E-state index contributed by atoms with van der Waals surface area (Å²) in [5, 5.41) is 0. The van der Waals surface area contributed by atoms with Crippen LogP contribution >= 0.6 is 0 Å². The third-order valence-electron chi connectivity index (χ3n) is 7.53. The lowest BCUT2D eigenvalue weighted by Crippen LogP contribution is -2.33. The van der Waals surface area contributed by atoms with Crippen LogP contribution in [0.4, 0.5) is 0 Å². The minimum atomic E-state index is 0.459. The van der Waals surface area contributed by atoms with Crippen molar-refractivity contribution in [2.24, 2.45) is 34.5 Å². The second kappa shape index (κ2) is 10.6. The molecule has 2 fully saturated rings. The maximum Gasteiger partial charge on any atom is 0.120 e. The number of aldehydes is 2. The fourth-order valence-electron chi connectivity index (χ4n) is 5.92. The Bertz CT molecular complexity index is 384. The molecule has 0 radical (unpaired) electrons. The highest BCUT2D eigenvalue weighted by molar-refractivity contribution is 5.49. The first-order valence-electron chi connectivity index (χ1n) is 11.0. The van der Waals surface area contributed by atoms with Crippen LogP contribution in [0.3, 0.4) is 0 Å². The molecular weight excluding hydrogens is 320 g/mol. The van der Waals surface area contributed by atoms with Crippen LogP contribution in [0.25, 0.3) is 0 Å². The van der Waals surface area contributed by atoms with Gasteiger partial charge in [-0.2, -0.15) is 0 Å². The number of hydrogen-bond acceptors (Lipinski definition) is 2. The zero-order chi connectivity index (χ0) is 19.8. The van der Waals surface area contributed by atoms with Crippen molar-refractivity contribution in [1.82, 2.24) is 0 Å². The van der Waals surface area contributed by atoms with Gasteiger partial charge in [-0.25, -0.2) is 0 Å². The molecule has 0 amide bonds. The summed E-state index contributed by atoms with van der Waals surface area (Å²) in [4.78, 5) is 20.7. The molecule has 0 aliphatic heterocycles. The van der Waals surface area contributed by atoms with Crippen molar-refractivity contribution in [2.75, 3.05) is 0 Å². The number of hydrogen-bond donors (Lipinski definition) is 0. The van der Waals surface area contributed by atoms with E-state index in [1.165, 1.54) is 38.5 Å². The Morgan fingerprint density at radius 3 is 1.35 bits per heavy atom. The lowest BCUT2D eigenvalue weighted by atomic mass is 9.63. The summed E-state index contributed by atoms with van der Waals surface area (Å²) in [6.45, 7) is 14.1. The molecule has 0 N–H and O–H groups in total. The van der Waals surface area contributed by atoms with Gasteiger partial charge in [0.25, 0.3) is 0 Å². The summed E-state index contributed by atoms with van der Waals surface area (Å²) in [6.07, 6.45) is 13.9. The molecule has 0 aromatic rings. The largest absolute Gasteiger partial charge is 0.303 e. The third kappa shape index (κ3) is 6.82. The maximum atomic E-state index is 10.4. The summed E-state index contributed by atoms with van der Waals surface area (Å²) < 4.78 is 0. The van der Waals surface area contributed by atoms with Crippen molar-refractivity contribution in [2.45, 2.75) is 106 Å². The number of carbonyl (C=O) groups is 2. The fourth-order valence-corrected chi connectivity index (χ4v) is 5.92. The molecule has 0 spiro atoms. The standard InChI is InChI=1S/2C12H22O/c2*1-10-6-4-8-12(2,3)11(10)7-5-9-13/h2*9-11H,4-8H2,1-3H3/t10?,11-;/m0./s1. The molecule has 2 aliphatic carbocycles. The molecule has 3 unspecified atom stereocenters. The van der Waals surface area contributed by atoms with Crippen LogP contribution in [0.2, 0.25) is 0 Å². The minimum Gasteiger partial charge on any atom is -0.303 e. The second-order valence-electron chi connectivity index (χ2n) is 10.4. The molecule has 0 heterocycles. The highest BCUT2D eigenvalue weighted by atomic mass is 16.1. The topological polar surface area (TPSA) is 34.1 Å². The van der Waals surface area contributed by atoms with Gasteiger partial charge in [-0.05, 0) is 60.2 Å². The first-order valence-corrected chi connectivity index (χ1v) is 11.0. The second-order valence-corrected chi connectivity index (χ2v) is 10.4. The molecule has 0 aromatic carbocycles. The van der Waals surface area contributed by atoms with E-state index in [0.717, 1.165) is 61.9 Å². The summed E-state index contributed by atoms with van der Waals surface area (Å²) in [7, 11) is 0. The Morgan fingerprint density at radius 2 is 1.08 bits per heavy atom. The molecule has 2 aliphatic rings. The normalized spacial score (nSPS) is 32.8. The molecule has 2 nitrogen and oxygen atoms in total. The van der Waals surface area contributed by atoms with E-state index >= 15 is 0 Å². The van der Waals surface area contributed by atoms with Gasteiger partial charge in [-0.1, -0.05) is 67.2 Å². The van der Waals surface area contributed by atoms with Gasteiger partial charge in [0.15, 0.2) is 0 Å². The molecule has 4 atom stereocenters. The SMILES string of the molecule is CC1CCCC(C)(C)C1CCC=O.CC1CCCC(C)(C)[C@H]1CCC=O. The first-order chi connectivity index (χ1) is 12.2. The van der Waals surface area contributed by atoms with Crippen LogP contribution in [0, 0.1) is 34.5 Å². The van der Waals surface area contributed by atoms with Crippen molar-refractivity contribution >= 4 is 12.6 Å². The monoisotopic (exact) mass is 364 g/mol. The van der Waals surface area contributed by atoms with Crippen molar-refractivity contribution < 1.29 is 9.59 Å². The van der Waals surface area contributed by atoms with Gasteiger partial charge in [0.2, 0.25) is 0 Å². The first kappa shape index (κ1) is 23.4.